The van der Waals surface area contributed by atoms with E-state index in [-0.39, 0.29) is 5.97 Å². The summed E-state index contributed by atoms with van der Waals surface area (Å²) in [5.74, 6) is -0.107. The fourth-order valence-electron chi connectivity index (χ4n) is 3.33. The lowest BCUT2D eigenvalue weighted by Crippen LogP contribution is -2.26. The summed E-state index contributed by atoms with van der Waals surface area (Å²) in [4.78, 5) is 12.0. The van der Waals surface area contributed by atoms with Crippen LogP contribution in [0.4, 0.5) is 0 Å². The molecule has 0 amide bonds. The molecule has 0 bridgehead atoms. The Morgan fingerprint density at radius 3 is 2.36 bits per heavy atom. The zero-order valence-electron chi connectivity index (χ0n) is 14.8. The molecular weight excluding hydrogens is 327 g/mol. The minimum Gasteiger partial charge on any atom is -0.466 e. The van der Waals surface area contributed by atoms with Crippen molar-refractivity contribution in [2.24, 2.45) is 0 Å². The third kappa shape index (κ3) is 3.75. The minimum absolute atomic E-state index is 0.107. The number of hydrogen-bond donors (Lipinski definition) is 0. The molecule has 0 spiro atoms. The highest BCUT2D eigenvalue weighted by Crippen LogP contribution is 2.54. The molecule has 0 radical (unpaired) electrons. The molecule has 128 valence electrons. The fourth-order valence-corrected chi connectivity index (χ4v) is 6.72. The SMILES string of the molecule is CCOC(=O)CC[P+](C)(c1ccccc1)c1cccc2ccccc12. The van der Waals surface area contributed by atoms with Crippen molar-refractivity contribution in [3.8, 4) is 0 Å². The number of esters is 1. The van der Waals surface area contributed by atoms with E-state index in [0.717, 1.165) is 6.16 Å². The Morgan fingerprint density at radius 1 is 0.920 bits per heavy atom. The molecular formula is C22H24O2P+. The Bertz CT molecular complexity index is 855. The molecule has 0 saturated carbocycles. The predicted molar refractivity (Wildman–Crippen MR) is 109 cm³/mol. The average molecular weight is 351 g/mol. The van der Waals surface area contributed by atoms with E-state index in [1.54, 1.807) is 0 Å². The summed E-state index contributed by atoms with van der Waals surface area (Å²) in [5.41, 5.74) is 0. The Balaban J connectivity index is 2.09. The van der Waals surface area contributed by atoms with Gasteiger partial charge in [-0.25, -0.2) is 0 Å². The highest BCUT2D eigenvalue weighted by molar-refractivity contribution is 7.89. The summed E-state index contributed by atoms with van der Waals surface area (Å²) >= 11 is 0. The summed E-state index contributed by atoms with van der Waals surface area (Å²) in [6, 6.07) is 25.6. The van der Waals surface area contributed by atoms with Gasteiger partial charge in [-0.1, -0.05) is 54.6 Å². The average Bonchev–Trinajstić information content (AvgIpc) is 2.66. The van der Waals surface area contributed by atoms with Crippen LogP contribution in [0.1, 0.15) is 13.3 Å². The van der Waals surface area contributed by atoms with Crippen molar-refractivity contribution in [2.45, 2.75) is 13.3 Å². The van der Waals surface area contributed by atoms with E-state index in [4.69, 9.17) is 4.74 Å². The number of carbonyl (C=O) groups excluding carboxylic acids is 1. The van der Waals surface area contributed by atoms with Crippen molar-refractivity contribution < 1.29 is 9.53 Å². The number of carbonyl (C=O) groups is 1. The van der Waals surface area contributed by atoms with Crippen molar-refractivity contribution in [3.05, 3.63) is 72.8 Å². The monoisotopic (exact) mass is 351 g/mol. The van der Waals surface area contributed by atoms with E-state index in [9.17, 15) is 4.79 Å². The molecule has 2 nitrogen and oxygen atoms in total. The van der Waals surface area contributed by atoms with Gasteiger partial charge in [0, 0.05) is 5.39 Å². The molecule has 3 aromatic rings. The molecule has 0 aliphatic carbocycles. The summed E-state index contributed by atoms with van der Waals surface area (Å²) in [6.07, 6.45) is 1.28. The molecule has 0 aliphatic rings. The fraction of sp³-hybridized carbons (Fsp3) is 0.227. The van der Waals surface area contributed by atoms with Crippen molar-refractivity contribution in [1.29, 1.82) is 0 Å². The lowest BCUT2D eigenvalue weighted by molar-refractivity contribution is -0.142. The summed E-state index contributed by atoms with van der Waals surface area (Å²) < 4.78 is 5.18. The minimum atomic E-state index is -1.70. The number of ether oxygens (including phenoxy) is 1. The van der Waals surface area contributed by atoms with E-state index in [0.29, 0.717) is 13.0 Å². The second kappa shape index (κ2) is 7.80. The van der Waals surface area contributed by atoms with E-state index in [1.165, 1.54) is 21.4 Å². The van der Waals surface area contributed by atoms with E-state index in [2.05, 4.69) is 73.4 Å². The highest BCUT2D eigenvalue weighted by Gasteiger charge is 2.39. The Kier molecular flexibility index (Phi) is 5.50. The van der Waals surface area contributed by atoms with Crippen LogP contribution in [0, 0.1) is 0 Å². The summed E-state index contributed by atoms with van der Waals surface area (Å²) in [5, 5.41) is 5.23. The third-order valence-corrected chi connectivity index (χ3v) is 8.70. The molecule has 3 heteroatoms. The topological polar surface area (TPSA) is 26.3 Å². The van der Waals surface area contributed by atoms with Gasteiger partial charge in [-0.05, 0) is 30.5 Å². The molecule has 1 atom stereocenters. The van der Waals surface area contributed by atoms with E-state index >= 15 is 0 Å². The molecule has 3 aromatic carbocycles. The molecule has 0 aliphatic heterocycles. The van der Waals surface area contributed by atoms with Gasteiger partial charge in [0.2, 0.25) is 0 Å². The van der Waals surface area contributed by atoms with Crippen molar-refractivity contribution >= 4 is 34.6 Å². The molecule has 0 aromatic heterocycles. The van der Waals surface area contributed by atoms with Crippen LogP contribution in [0.25, 0.3) is 10.8 Å². The van der Waals surface area contributed by atoms with Gasteiger partial charge < -0.3 is 4.74 Å². The quantitative estimate of drug-likeness (QED) is 0.486. The molecule has 0 fully saturated rings. The number of fused-ring (bicyclic) bond motifs is 1. The van der Waals surface area contributed by atoms with Crippen LogP contribution in [0.3, 0.4) is 0 Å². The predicted octanol–water partition coefficient (Wildman–Crippen LogP) is 4.39. The first kappa shape index (κ1) is 17.6. The van der Waals surface area contributed by atoms with Crippen LogP contribution in [0.2, 0.25) is 0 Å². The zero-order chi connectivity index (χ0) is 17.7. The maximum atomic E-state index is 12.0. The van der Waals surface area contributed by atoms with Gasteiger partial charge in [-0.2, -0.15) is 0 Å². The summed E-state index contributed by atoms with van der Waals surface area (Å²) in [7, 11) is -1.70. The van der Waals surface area contributed by atoms with Gasteiger partial charge in [0.1, 0.15) is 5.30 Å². The second-order valence-corrected chi connectivity index (χ2v) is 10.1. The lowest BCUT2D eigenvalue weighted by atomic mass is 10.1. The smallest absolute Gasteiger partial charge is 0.309 e. The zero-order valence-corrected chi connectivity index (χ0v) is 15.7. The Labute approximate surface area is 150 Å². The highest BCUT2D eigenvalue weighted by atomic mass is 31.2. The molecule has 0 saturated heterocycles. The lowest BCUT2D eigenvalue weighted by Gasteiger charge is -2.24. The first-order valence-corrected chi connectivity index (χ1v) is 11.1. The van der Waals surface area contributed by atoms with Gasteiger partial charge >= 0.3 is 5.97 Å². The number of hydrogen-bond acceptors (Lipinski definition) is 2. The first-order valence-electron chi connectivity index (χ1n) is 8.70. The second-order valence-electron chi connectivity index (χ2n) is 6.30. The van der Waals surface area contributed by atoms with Gasteiger partial charge in [0.15, 0.2) is 0 Å². The molecule has 25 heavy (non-hydrogen) atoms. The van der Waals surface area contributed by atoms with Gasteiger partial charge in [0.05, 0.1) is 38.4 Å². The van der Waals surface area contributed by atoms with Crippen LogP contribution in [0.5, 0.6) is 0 Å². The molecule has 0 N–H and O–H groups in total. The van der Waals surface area contributed by atoms with E-state index in [1.807, 2.05) is 13.0 Å². The molecule has 3 rings (SSSR count). The normalized spacial score (nSPS) is 13.4. The van der Waals surface area contributed by atoms with Crippen LogP contribution in [-0.4, -0.2) is 25.4 Å². The van der Waals surface area contributed by atoms with Crippen LogP contribution in [0.15, 0.2) is 72.8 Å². The first-order chi connectivity index (χ1) is 12.1. The number of benzene rings is 3. The Morgan fingerprint density at radius 2 is 1.60 bits per heavy atom. The van der Waals surface area contributed by atoms with Crippen LogP contribution < -0.4 is 10.6 Å². The number of rotatable bonds is 6. The van der Waals surface area contributed by atoms with Crippen molar-refractivity contribution in [2.75, 3.05) is 19.4 Å². The summed E-state index contributed by atoms with van der Waals surface area (Å²) in [6.45, 7) is 4.63. The van der Waals surface area contributed by atoms with Crippen molar-refractivity contribution in [3.63, 3.8) is 0 Å². The van der Waals surface area contributed by atoms with E-state index < -0.39 is 7.26 Å². The standard InChI is InChI=1S/C22H24O2P/c1-3-24-22(23)16-17-25(2,19-12-5-4-6-13-19)21-15-9-11-18-10-7-8-14-20(18)21/h4-15H,3,16-17H2,1-2H3/q+1. The van der Waals surface area contributed by atoms with Gasteiger partial charge in [0.25, 0.3) is 0 Å². The van der Waals surface area contributed by atoms with Gasteiger partial charge in [-0.15, -0.1) is 0 Å². The van der Waals surface area contributed by atoms with Crippen LogP contribution in [-0.2, 0) is 9.53 Å². The molecule has 0 heterocycles. The van der Waals surface area contributed by atoms with Crippen LogP contribution >= 0.6 is 7.26 Å². The van der Waals surface area contributed by atoms with Crippen molar-refractivity contribution in [1.82, 2.24) is 0 Å². The van der Waals surface area contributed by atoms with Gasteiger partial charge in [-0.3, -0.25) is 4.79 Å². The Hall–Kier alpha value is -2.18. The third-order valence-electron chi connectivity index (χ3n) is 4.69. The maximum absolute atomic E-state index is 12.0. The molecule has 1 unspecified atom stereocenters. The largest absolute Gasteiger partial charge is 0.466 e. The maximum Gasteiger partial charge on any atom is 0.309 e.